The van der Waals surface area contributed by atoms with E-state index in [4.69, 9.17) is 4.74 Å². The minimum atomic E-state index is -0.103. The van der Waals surface area contributed by atoms with Crippen molar-refractivity contribution in [1.82, 2.24) is 10.2 Å². The first-order valence-electron chi connectivity index (χ1n) is 13.0. The number of rotatable bonds is 10. The molecule has 2 aromatic rings. The Morgan fingerprint density at radius 2 is 1.80 bits per heavy atom. The Morgan fingerprint density at radius 3 is 2.60 bits per heavy atom. The first kappa shape index (κ1) is 25.2. The van der Waals surface area contributed by atoms with Crippen LogP contribution >= 0.6 is 0 Å². The van der Waals surface area contributed by atoms with E-state index >= 15 is 0 Å². The second-order valence-electron chi connectivity index (χ2n) is 9.39. The molecule has 2 heterocycles. The van der Waals surface area contributed by atoms with Gasteiger partial charge in [-0.05, 0) is 42.2 Å². The summed E-state index contributed by atoms with van der Waals surface area (Å²) in [5, 5.41) is 6.10. The van der Waals surface area contributed by atoms with Crippen LogP contribution in [0.15, 0.2) is 42.5 Å². The molecule has 4 rings (SSSR count). The summed E-state index contributed by atoms with van der Waals surface area (Å²) in [6.07, 6.45) is 4.45. The lowest BCUT2D eigenvalue weighted by atomic mass is 9.98. The van der Waals surface area contributed by atoms with Gasteiger partial charge in [0.1, 0.15) is 0 Å². The quantitative estimate of drug-likeness (QED) is 0.508. The van der Waals surface area contributed by atoms with Gasteiger partial charge in [-0.15, -0.1) is 0 Å². The van der Waals surface area contributed by atoms with Crippen LogP contribution in [-0.4, -0.2) is 62.7 Å². The maximum absolute atomic E-state index is 13.4. The Hall–Kier alpha value is -2.90. The minimum Gasteiger partial charge on any atom is -0.379 e. The lowest BCUT2D eigenvalue weighted by molar-refractivity contribution is -0.116. The summed E-state index contributed by atoms with van der Waals surface area (Å²) in [4.78, 5) is 30.3. The van der Waals surface area contributed by atoms with Gasteiger partial charge in [0.25, 0.3) is 5.91 Å². The van der Waals surface area contributed by atoms with Crippen LogP contribution in [0.4, 0.5) is 11.4 Å². The number of amides is 2. The van der Waals surface area contributed by atoms with E-state index in [-0.39, 0.29) is 11.8 Å². The van der Waals surface area contributed by atoms with Gasteiger partial charge in [0.2, 0.25) is 5.91 Å². The highest BCUT2D eigenvalue weighted by molar-refractivity contribution is 6.02. The molecular weight excluding hydrogens is 440 g/mol. The second-order valence-corrected chi connectivity index (χ2v) is 9.39. The summed E-state index contributed by atoms with van der Waals surface area (Å²) < 4.78 is 5.41. The molecule has 7 nitrogen and oxygen atoms in total. The van der Waals surface area contributed by atoms with Crippen molar-refractivity contribution in [3.8, 4) is 0 Å². The highest BCUT2D eigenvalue weighted by Crippen LogP contribution is 2.29. The van der Waals surface area contributed by atoms with Crippen LogP contribution < -0.4 is 15.5 Å². The average molecular weight is 479 g/mol. The molecule has 1 fully saturated rings. The van der Waals surface area contributed by atoms with Crippen molar-refractivity contribution < 1.29 is 14.3 Å². The van der Waals surface area contributed by atoms with E-state index in [2.05, 4.69) is 51.6 Å². The predicted molar refractivity (Wildman–Crippen MR) is 140 cm³/mol. The molecule has 0 aromatic heterocycles. The summed E-state index contributed by atoms with van der Waals surface area (Å²) in [5.41, 5.74) is 4.86. The van der Waals surface area contributed by atoms with E-state index in [0.29, 0.717) is 24.2 Å². The van der Waals surface area contributed by atoms with Gasteiger partial charge < -0.3 is 20.3 Å². The van der Waals surface area contributed by atoms with Gasteiger partial charge >= 0.3 is 0 Å². The number of benzene rings is 2. The molecule has 0 radical (unpaired) electrons. The summed E-state index contributed by atoms with van der Waals surface area (Å²) in [5.74, 6) is -0.106. The van der Waals surface area contributed by atoms with Gasteiger partial charge in [-0.3, -0.25) is 14.5 Å². The molecule has 0 bridgehead atoms. The summed E-state index contributed by atoms with van der Waals surface area (Å²) in [7, 11) is 0. The van der Waals surface area contributed by atoms with Gasteiger partial charge in [-0.25, -0.2) is 0 Å². The number of carbonyl (C=O) groups is 2. The Balaban J connectivity index is 1.48. The van der Waals surface area contributed by atoms with E-state index in [9.17, 15) is 9.59 Å². The standard InChI is InChI=1S/C28H38N4O3/c1-2-3-4-9-27(33)30-24-10-11-26(32-14-12-22-7-5-6-8-23(22)21-32)25(20-24)28(34)29-13-15-31-16-18-35-19-17-31/h5-8,10-11,20H,2-4,9,12-19,21H2,1H3,(H,29,34)(H,30,33). The average Bonchev–Trinajstić information content (AvgIpc) is 2.89. The van der Waals surface area contributed by atoms with Crippen LogP contribution in [0.1, 0.15) is 54.1 Å². The Morgan fingerprint density at radius 1 is 1.00 bits per heavy atom. The van der Waals surface area contributed by atoms with Crippen molar-refractivity contribution in [2.75, 3.05) is 56.2 Å². The molecular formula is C28H38N4O3. The number of hydrogen-bond donors (Lipinski definition) is 2. The number of nitrogens with zero attached hydrogens (tertiary/aromatic N) is 2. The van der Waals surface area contributed by atoms with Gasteiger partial charge in [-0.1, -0.05) is 44.0 Å². The van der Waals surface area contributed by atoms with Gasteiger partial charge in [0, 0.05) is 57.1 Å². The van der Waals surface area contributed by atoms with E-state index in [1.54, 1.807) is 0 Å². The van der Waals surface area contributed by atoms with Gasteiger partial charge in [0.15, 0.2) is 0 Å². The molecule has 7 heteroatoms. The third kappa shape index (κ3) is 7.05. The maximum atomic E-state index is 13.4. The first-order valence-corrected chi connectivity index (χ1v) is 13.0. The van der Waals surface area contributed by atoms with Crippen molar-refractivity contribution in [2.24, 2.45) is 0 Å². The van der Waals surface area contributed by atoms with Crippen LogP contribution in [0.5, 0.6) is 0 Å². The van der Waals surface area contributed by atoms with Gasteiger partial charge in [0.05, 0.1) is 18.8 Å². The van der Waals surface area contributed by atoms with Crippen molar-refractivity contribution in [1.29, 1.82) is 0 Å². The normalized spacial score (nSPS) is 16.0. The summed E-state index contributed by atoms with van der Waals surface area (Å²) in [6, 6.07) is 14.2. The molecule has 2 N–H and O–H groups in total. The molecule has 2 aliphatic rings. The number of morpholine rings is 1. The smallest absolute Gasteiger partial charge is 0.253 e. The SMILES string of the molecule is CCCCCC(=O)Nc1ccc(N2CCc3ccccc3C2)c(C(=O)NCCN2CCOCC2)c1. The molecule has 2 aliphatic heterocycles. The summed E-state index contributed by atoms with van der Waals surface area (Å²) >= 11 is 0. The zero-order valence-electron chi connectivity index (χ0n) is 20.9. The number of fused-ring (bicyclic) bond motifs is 1. The lowest BCUT2D eigenvalue weighted by Crippen LogP contribution is -2.41. The van der Waals surface area contributed by atoms with Gasteiger partial charge in [-0.2, -0.15) is 0 Å². The molecule has 0 unspecified atom stereocenters. The van der Waals surface area contributed by atoms with Crippen LogP contribution in [-0.2, 0) is 22.5 Å². The number of unbranched alkanes of at least 4 members (excludes halogenated alkanes) is 2. The molecule has 188 valence electrons. The van der Waals surface area contributed by atoms with Crippen LogP contribution in [0.2, 0.25) is 0 Å². The van der Waals surface area contributed by atoms with E-state index in [1.807, 2.05) is 18.2 Å². The lowest BCUT2D eigenvalue weighted by Gasteiger charge is -2.32. The van der Waals surface area contributed by atoms with E-state index in [0.717, 1.165) is 77.3 Å². The minimum absolute atomic E-state index is 0.00299. The number of carbonyl (C=O) groups excluding carboxylic acids is 2. The second kappa shape index (κ2) is 12.7. The number of hydrogen-bond acceptors (Lipinski definition) is 5. The number of anilines is 2. The first-order chi connectivity index (χ1) is 17.1. The molecule has 35 heavy (non-hydrogen) atoms. The Bertz CT molecular complexity index is 1000. The highest BCUT2D eigenvalue weighted by atomic mass is 16.5. The van der Waals surface area contributed by atoms with Crippen molar-refractivity contribution >= 4 is 23.2 Å². The molecule has 0 saturated carbocycles. The Kier molecular flexibility index (Phi) is 9.15. The largest absolute Gasteiger partial charge is 0.379 e. The highest BCUT2D eigenvalue weighted by Gasteiger charge is 2.22. The van der Waals surface area contributed by atoms with Crippen LogP contribution in [0, 0.1) is 0 Å². The van der Waals surface area contributed by atoms with Crippen LogP contribution in [0.3, 0.4) is 0 Å². The van der Waals surface area contributed by atoms with Crippen molar-refractivity contribution in [2.45, 2.75) is 45.6 Å². The number of ether oxygens (including phenoxy) is 1. The summed E-state index contributed by atoms with van der Waals surface area (Å²) in [6.45, 7) is 8.41. The molecule has 0 aliphatic carbocycles. The Labute approximate surface area is 208 Å². The van der Waals surface area contributed by atoms with E-state index < -0.39 is 0 Å². The third-order valence-corrected chi connectivity index (χ3v) is 6.82. The molecule has 0 spiro atoms. The molecule has 1 saturated heterocycles. The number of nitrogens with one attached hydrogen (secondary N) is 2. The molecule has 2 amide bonds. The van der Waals surface area contributed by atoms with E-state index in [1.165, 1.54) is 11.1 Å². The topological polar surface area (TPSA) is 73.9 Å². The van der Waals surface area contributed by atoms with Crippen molar-refractivity contribution in [3.05, 3.63) is 59.2 Å². The molecule has 2 aromatic carbocycles. The monoisotopic (exact) mass is 478 g/mol. The fourth-order valence-corrected chi connectivity index (χ4v) is 4.78. The molecule has 0 atom stereocenters. The van der Waals surface area contributed by atoms with Crippen LogP contribution in [0.25, 0.3) is 0 Å². The third-order valence-electron chi connectivity index (χ3n) is 6.82. The maximum Gasteiger partial charge on any atom is 0.253 e. The van der Waals surface area contributed by atoms with Crippen molar-refractivity contribution in [3.63, 3.8) is 0 Å². The predicted octanol–water partition coefficient (Wildman–Crippen LogP) is 3.83. The fraction of sp³-hybridized carbons (Fsp3) is 0.500. The fourth-order valence-electron chi connectivity index (χ4n) is 4.78. The zero-order valence-corrected chi connectivity index (χ0v) is 20.9. The zero-order chi connectivity index (χ0) is 24.5.